The van der Waals surface area contributed by atoms with Crippen molar-refractivity contribution in [2.45, 2.75) is 24.3 Å². The van der Waals surface area contributed by atoms with Gasteiger partial charge in [0.15, 0.2) is 0 Å². The Kier molecular flexibility index (Phi) is 5.51. The summed E-state index contributed by atoms with van der Waals surface area (Å²) in [6.07, 6.45) is 0. The second kappa shape index (κ2) is 8.00. The van der Waals surface area contributed by atoms with Crippen LogP contribution < -0.4 is 11.1 Å². The number of primary amides is 1. The zero-order valence-electron chi connectivity index (χ0n) is 14.8. The van der Waals surface area contributed by atoms with E-state index in [4.69, 9.17) is 5.73 Å². The van der Waals surface area contributed by atoms with Crippen molar-refractivity contribution in [1.82, 2.24) is 25.5 Å². The molecule has 0 saturated carbocycles. The summed E-state index contributed by atoms with van der Waals surface area (Å²) in [5.74, 6) is -0.534. The summed E-state index contributed by atoms with van der Waals surface area (Å²) >= 11 is 1.14. The van der Waals surface area contributed by atoms with Crippen molar-refractivity contribution < 1.29 is 9.59 Å². The Bertz CT molecular complexity index is 953. The highest BCUT2D eigenvalue weighted by Gasteiger charge is 2.26. The van der Waals surface area contributed by atoms with Crippen molar-refractivity contribution >= 4 is 23.7 Å². The Morgan fingerprint density at radius 1 is 1.11 bits per heavy atom. The number of aryl methyl sites for hydroxylation is 2. The van der Waals surface area contributed by atoms with Gasteiger partial charge in [-0.25, -0.2) is 4.79 Å². The summed E-state index contributed by atoms with van der Waals surface area (Å²) in [6, 6.07) is 14.1. The third-order valence-corrected chi connectivity index (χ3v) is 4.89. The van der Waals surface area contributed by atoms with Crippen molar-refractivity contribution in [1.29, 1.82) is 0 Å². The highest BCUT2D eigenvalue weighted by atomic mass is 32.2. The van der Waals surface area contributed by atoms with Crippen LogP contribution in [0.15, 0.2) is 53.7 Å². The van der Waals surface area contributed by atoms with Gasteiger partial charge in [-0.2, -0.15) is 4.68 Å². The van der Waals surface area contributed by atoms with Crippen molar-refractivity contribution in [2.24, 2.45) is 5.73 Å². The van der Waals surface area contributed by atoms with E-state index in [1.807, 2.05) is 50.2 Å². The number of tetrazole rings is 1. The molecule has 3 aromatic rings. The molecule has 27 heavy (non-hydrogen) atoms. The lowest BCUT2D eigenvalue weighted by Gasteiger charge is -2.15. The number of benzene rings is 2. The Labute approximate surface area is 160 Å². The predicted molar refractivity (Wildman–Crippen MR) is 101 cm³/mol. The van der Waals surface area contributed by atoms with Crippen LogP contribution in [-0.4, -0.2) is 32.1 Å². The molecule has 1 atom stereocenters. The maximum atomic E-state index is 12.5. The zero-order chi connectivity index (χ0) is 19.4. The maximum absolute atomic E-state index is 12.5. The molecule has 3 rings (SSSR count). The smallest absolute Gasteiger partial charge is 0.318 e. The number of hydrogen-bond donors (Lipinski definition) is 2. The largest absolute Gasteiger partial charge is 0.351 e. The number of carbonyl (C=O) groups is 2. The van der Waals surface area contributed by atoms with E-state index in [1.54, 1.807) is 16.8 Å². The van der Waals surface area contributed by atoms with E-state index in [0.717, 1.165) is 28.6 Å². The van der Waals surface area contributed by atoms with E-state index in [0.29, 0.717) is 10.7 Å². The fourth-order valence-corrected chi connectivity index (χ4v) is 3.68. The van der Waals surface area contributed by atoms with Crippen molar-refractivity contribution in [2.75, 3.05) is 0 Å². The van der Waals surface area contributed by atoms with E-state index in [2.05, 4.69) is 20.8 Å². The molecule has 8 nitrogen and oxygen atoms in total. The van der Waals surface area contributed by atoms with Gasteiger partial charge >= 0.3 is 6.03 Å². The first-order valence-corrected chi connectivity index (χ1v) is 9.01. The molecule has 0 fully saturated rings. The van der Waals surface area contributed by atoms with Crippen LogP contribution in [0.5, 0.6) is 0 Å². The molecule has 0 spiro atoms. The number of aromatic nitrogens is 4. The number of carbonyl (C=O) groups excluding carboxylic acids is 2. The monoisotopic (exact) mass is 382 g/mol. The fourth-order valence-electron chi connectivity index (χ4n) is 2.68. The van der Waals surface area contributed by atoms with Crippen LogP contribution in [-0.2, 0) is 4.79 Å². The standard InChI is InChI=1S/C18H18N6O2S/c1-11-8-12(2)10-14(9-11)24-18(21-22-23-24)27-15(16(25)20-17(19)26)13-6-4-3-5-7-13/h3-10,15H,1-2H3,(H3,19,20,25,26)/t15-/m0/s1. The molecular weight excluding hydrogens is 364 g/mol. The van der Waals surface area contributed by atoms with Gasteiger partial charge in [0.05, 0.1) is 5.69 Å². The molecule has 0 bridgehead atoms. The van der Waals surface area contributed by atoms with Gasteiger partial charge in [0, 0.05) is 0 Å². The van der Waals surface area contributed by atoms with E-state index in [9.17, 15) is 9.59 Å². The number of nitrogens with two attached hydrogens (primary N) is 1. The molecule has 0 aliphatic rings. The molecule has 0 radical (unpaired) electrons. The van der Waals surface area contributed by atoms with E-state index in [1.165, 1.54) is 0 Å². The van der Waals surface area contributed by atoms with Gasteiger partial charge in [0.1, 0.15) is 5.25 Å². The quantitative estimate of drug-likeness (QED) is 0.654. The number of urea groups is 1. The number of rotatable bonds is 5. The van der Waals surface area contributed by atoms with E-state index >= 15 is 0 Å². The minimum atomic E-state index is -0.907. The Hall–Kier alpha value is -3.20. The van der Waals surface area contributed by atoms with Gasteiger partial charge in [-0.1, -0.05) is 48.2 Å². The molecule has 9 heteroatoms. The molecule has 1 heterocycles. The summed E-state index contributed by atoms with van der Waals surface area (Å²) in [5.41, 5.74) is 8.75. The molecule has 0 aliphatic carbocycles. The van der Waals surface area contributed by atoms with Crippen LogP contribution in [0.3, 0.4) is 0 Å². The third-order valence-electron chi connectivity index (χ3n) is 3.70. The van der Waals surface area contributed by atoms with Crippen molar-refractivity contribution in [3.8, 4) is 5.69 Å². The lowest BCUT2D eigenvalue weighted by atomic mass is 10.1. The molecule has 0 aliphatic heterocycles. The lowest BCUT2D eigenvalue weighted by molar-refractivity contribution is -0.119. The average Bonchev–Trinajstić information content (AvgIpc) is 3.07. The number of imide groups is 1. The molecule has 3 amide bonds. The van der Waals surface area contributed by atoms with Crippen LogP contribution in [0.4, 0.5) is 4.79 Å². The highest BCUT2D eigenvalue weighted by molar-refractivity contribution is 8.00. The molecule has 2 aromatic carbocycles. The van der Waals surface area contributed by atoms with Gasteiger partial charge in [-0.3, -0.25) is 10.1 Å². The van der Waals surface area contributed by atoms with Gasteiger partial charge in [-0.05, 0) is 53.1 Å². The molecule has 1 aromatic heterocycles. The maximum Gasteiger partial charge on any atom is 0.318 e. The minimum Gasteiger partial charge on any atom is -0.351 e. The number of hydrogen-bond acceptors (Lipinski definition) is 6. The molecule has 0 saturated heterocycles. The normalized spacial score (nSPS) is 11.8. The average molecular weight is 382 g/mol. The van der Waals surface area contributed by atoms with Crippen molar-refractivity contribution in [3.05, 3.63) is 65.2 Å². The van der Waals surface area contributed by atoms with Gasteiger partial charge < -0.3 is 5.73 Å². The van der Waals surface area contributed by atoms with E-state index < -0.39 is 17.2 Å². The second-order valence-electron chi connectivity index (χ2n) is 5.98. The van der Waals surface area contributed by atoms with Gasteiger partial charge in [-0.15, -0.1) is 5.10 Å². The number of nitrogens with zero attached hydrogens (tertiary/aromatic N) is 4. The fraction of sp³-hybridized carbons (Fsp3) is 0.167. The van der Waals surface area contributed by atoms with Crippen LogP contribution in [0.1, 0.15) is 21.9 Å². The van der Waals surface area contributed by atoms with Gasteiger partial charge in [0.2, 0.25) is 11.1 Å². The van der Waals surface area contributed by atoms with Crippen LogP contribution in [0, 0.1) is 13.8 Å². The minimum absolute atomic E-state index is 0.425. The number of thioether (sulfide) groups is 1. The summed E-state index contributed by atoms with van der Waals surface area (Å²) < 4.78 is 1.57. The predicted octanol–water partition coefficient (Wildman–Crippen LogP) is 2.31. The summed E-state index contributed by atoms with van der Waals surface area (Å²) in [6.45, 7) is 3.97. The number of amides is 3. The number of nitrogens with one attached hydrogen (secondary N) is 1. The first-order valence-electron chi connectivity index (χ1n) is 8.13. The Balaban J connectivity index is 1.97. The molecule has 138 valence electrons. The molecular formula is C18H18N6O2S. The SMILES string of the molecule is Cc1cc(C)cc(-n2nnnc2S[C@H](C(=O)NC(N)=O)c2ccccc2)c1. The third kappa shape index (κ3) is 4.50. The van der Waals surface area contributed by atoms with Gasteiger partial charge in [0.25, 0.3) is 0 Å². The van der Waals surface area contributed by atoms with Crippen molar-refractivity contribution in [3.63, 3.8) is 0 Å². The van der Waals surface area contributed by atoms with Crippen LogP contribution in [0.25, 0.3) is 5.69 Å². The second-order valence-corrected chi connectivity index (χ2v) is 7.05. The van der Waals surface area contributed by atoms with E-state index in [-0.39, 0.29) is 0 Å². The Morgan fingerprint density at radius 2 is 1.78 bits per heavy atom. The first kappa shape index (κ1) is 18.6. The molecule has 3 N–H and O–H groups in total. The lowest BCUT2D eigenvalue weighted by Crippen LogP contribution is -2.37. The van der Waals surface area contributed by atoms with Crippen LogP contribution in [0.2, 0.25) is 0 Å². The summed E-state index contributed by atoms with van der Waals surface area (Å²) in [5, 5.41) is 13.7. The highest BCUT2D eigenvalue weighted by Crippen LogP contribution is 2.35. The first-order chi connectivity index (χ1) is 12.9. The molecule has 0 unspecified atom stereocenters. The topological polar surface area (TPSA) is 116 Å². The van der Waals surface area contributed by atoms with Crippen LogP contribution >= 0.6 is 11.8 Å². The zero-order valence-corrected chi connectivity index (χ0v) is 15.6. The summed E-state index contributed by atoms with van der Waals surface area (Å²) in [4.78, 5) is 23.7. The Morgan fingerprint density at radius 3 is 2.41 bits per heavy atom. The summed E-state index contributed by atoms with van der Waals surface area (Å²) in [7, 11) is 0.